The van der Waals surface area contributed by atoms with Crippen LogP contribution in [0.15, 0.2) is 0 Å². The molecule has 0 aromatic carbocycles. The third-order valence-corrected chi connectivity index (χ3v) is 8.08. The van der Waals surface area contributed by atoms with Crippen molar-refractivity contribution in [2.75, 3.05) is 26.2 Å². The Labute approximate surface area is 172 Å². The maximum absolute atomic E-state index is 13.2. The molecule has 0 unspecified atom stereocenters. The summed E-state index contributed by atoms with van der Waals surface area (Å²) in [4.78, 5) is 4.64. The van der Waals surface area contributed by atoms with E-state index in [9.17, 15) is 4.57 Å². The van der Waals surface area contributed by atoms with Crippen LogP contribution in [0, 0.1) is 0 Å². The highest BCUT2D eigenvalue weighted by molar-refractivity contribution is 7.33. The first kappa shape index (κ1) is 24.3. The molecule has 0 atom stereocenters. The molecule has 2 aliphatic rings. The van der Waals surface area contributed by atoms with Gasteiger partial charge < -0.3 is 11.5 Å². The summed E-state index contributed by atoms with van der Waals surface area (Å²) in [6, 6.07) is 0.517. The van der Waals surface area contributed by atoms with Gasteiger partial charge in [0.05, 0.1) is 0 Å². The molecule has 7 nitrogen and oxygen atoms in total. The molecule has 2 rings (SSSR count). The van der Waals surface area contributed by atoms with E-state index in [0.717, 1.165) is 77.5 Å². The molecular weight excluding hydrogens is 375 g/mol. The summed E-state index contributed by atoms with van der Waals surface area (Å²) in [7, 11) is -2.67. The van der Waals surface area contributed by atoms with E-state index in [4.69, 9.17) is 20.5 Å². The summed E-state index contributed by atoms with van der Waals surface area (Å²) in [5.74, 6) is 0. The minimum absolute atomic E-state index is 0.259. The van der Waals surface area contributed by atoms with Crippen molar-refractivity contribution in [3.8, 4) is 0 Å². The van der Waals surface area contributed by atoms with E-state index < -0.39 is 19.7 Å². The summed E-state index contributed by atoms with van der Waals surface area (Å²) < 4.78 is 25.6. The van der Waals surface area contributed by atoms with Gasteiger partial charge in [0.1, 0.15) is 11.4 Å². The van der Waals surface area contributed by atoms with Gasteiger partial charge in [-0.1, -0.05) is 27.7 Å². The highest BCUT2D eigenvalue weighted by Crippen LogP contribution is 2.44. The minimum Gasteiger partial charge on any atom is -0.328 e. The maximum atomic E-state index is 13.2. The Morgan fingerprint density at radius 3 is 1.29 bits per heavy atom. The number of nitrogens with zero attached hydrogens (tertiary/aromatic N) is 2. The monoisotopic (exact) mass is 418 g/mol. The van der Waals surface area contributed by atoms with Crippen LogP contribution in [0.2, 0.25) is 0 Å². The van der Waals surface area contributed by atoms with Gasteiger partial charge in [0.2, 0.25) is 0 Å². The van der Waals surface area contributed by atoms with Gasteiger partial charge in [-0.2, -0.15) is 0 Å². The molecule has 0 saturated carbocycles. The fourth-order valence-corrected chi connectivity index (χ4v) is 6.25. The van der Waals surface area contributed by atoms with Crippen molar-refractivity contribution in [2.45, 2.75) is 103 Å². The second-order valence-electron chi connectivity index (χ2n) is 8.41. The molecule has 0 aromatic heterocycles. The minimum atomic E-state index is -2.67. The number of hydrogen-bond donors (Lipinski definition) is 2. The number of rotatable bonds is 10. The first-order valence-corrected chi connectivity index (χ1v) is 12.5. The zero-order chi connectivity index (χ0) is 20.8. The molecule has 8 heteroatoms. The summed E-state index contributed by atoms with van der Waals surface area (Å²) in [5.41, 5.74) is 11.1. The molecule has 0 amide bonds. The highest BCUT2D eigenvalue weighted by Gasteiger charge is 2.42. The Balaban J connectivity index is 2.08. The quantitative estimate of drug-likeness (QED) is 0.526. The van der Waals surface area contributed by atoms with E-state index in [1.54, 1.807) is 0 Å². The molecule has 28 heavy (non-hydrogen) atoms. The van der Waals surface area contributed by atoms with Crippen LogP contribution in [-0.4, -0.2) is 59.5 Å². The molecule has 0 aliphatic carbocycles. The zero-order valence-electron chi connectivity index (χ0n) is 18.4. The molecule has 2 heterocycles. The lowest BCUT2D eigenvalue weighted by Crippen LogP contribution is -2.55. The number of piperidine rings is 2. The summed E-state index contributed by atoms with van der Waals surface area (Å²) in [6.07, 6.45) is 6.93. The van der Waals surface area contributed by atoms with Gasteiger partial charge in [-0.15, -0.1) is 0 Å². The second-order valence-corrected chi connectivity index (χ2v) is 9.32. The number of nitrogens with two attached hydrogens (primary N) is 2. The lowest BCUT2D eigenvalue weighted by molar-refractivity contribution is -0.136. The zero-order valence-corrected chi connectivity index (χ0v) is 19.4. The predicted octanol–water partition coefficient (Wildman–Crippen LogP) is 3.29. The van der Waals surface area contributed by atoms with E-state index in [-0.39, 0.29) is 12.1 Å². The van der Waals surface area contributed by atoms with Crippen LogP contribution >= 0.6 is 8.25 Å². The van der Waals surface area contributed by atoms with Crippen LogP contribution in [0.4, 0.5) is 0 Å². The Morgan fingerprint density at radius 2 is 1.04 bits per heavy atom. The third kappa shape index (κ3) is 5.57. The normalized spacial score (nSPS) is 22.2. The van der Waals surface area contributed by atoms with Gasteiger partial charge in [-0.05, 0) is 51.4 Å². The van der Waals surface area contributed by atoms with Crippen molar-refractivity contribution in [1.82, 2.24) is 9.80 Å². The van der Waals surface area contributed by atoms with Crippen molar-refractivity contribution in [2.24, 2.45) is 11.5 Å². The van der Waals surface area contributed by atoms with E-state index in [1.165, 1.54) is 0 Å². The predicted molar refractivity (Wildman–Crippen MR) is 115 cm³/mol. The van der Waals surface area contributed by atoms with Crippen LogP contribution in [0.25, 0.3) is 0 Å². The van der Waals surface area contributed by atoms with Crippen molar-refractivity contribution < 1.29 is 13.6 Å². The van der Waals surface area contributed by atoms with Gasteiger partial charge in [-0.3, -0.25) is 23.4 Å². The fraction of sp³-hybridized carbons (Fsp3) is 1.00. The molecule has 0 bridgehead atoms. The average molecular weight is 419 g/mol. The Kier molecular flexibility index (Phi) is 9.40. The van der Waals surface area contributed by atoms with Gasteiger partial charge in [-0.25, -0.2) is 0 Å². The van der Waals surface area contributed by atoms with E-state index in [2.05, 4.69) is 37.5 Å². The Hall–Kier alpha value is -0.0100. The molecule has 0 radical (unpaired) electrons. The van der Waals surface area contributed by atoms with Crippen molar-refractivity contribution in [1.29, 1.82) is 0 Å². The van der Waals surface area contributed by atoms with Crippen molar-refractivity contribution >= 4 is 8.25 Å². The van der Waals surface area contributed by atoms with Crippen LogP contribution < -0.4 is 11.5 Å². The maximum Gasteiger partial charge on any atom is 0.322 e. The summed E-state index contributed by atoms with van der Waals surface area (Å²) >= 11 is 0. The van der Waals surface area contributed by atoms with Crippen LogP contribution in [0.5, 0.6) is 0 Å². The fourth-order valence-electron chi connectivity index (χ4n) is 4.76. The standard InChI is InChI=1S/C20H43N4O3P/c1-5-19(6-2,23-13-9-17(21)10-14-23)26-28(25)27-20(7-3,8-4)24-15-11-18(22)12-16-24/h17-18,28H,5-16,21-22H2,1-4H3. The van der Waals surface area contributed by atoms with E-state index in [0.29, 0.717) is 0 Å². The molecule has 2 saturated heterocycles. The Bertz CT molecular complexity index is 442. The van der Waals surface area contributed by atoms with Gasteiger partial charge >= 0.3 is 8.25 Å². The van der Waals surface area contributed by atoms with Crippen LogP contribution in [0.3, 0.4) is 0 Å². The van der Waals surface area contributed by atoms with E-state index in [1.807, 2.05) is 0 Å². The molecule has 0 spiro atoms. The number of hydrogen-bond acceptors (Lipinski definition) is 7. The van der Waals surface area contributed by atoms with E-state index >= 15 is 0 Å². The van der Waals surface area contributed by atoms with Gasteiger partial charge in [0.15, 0.2) is 0 Å². The Morgan fingerprint density at radius 1 is 0.750 bits per heavy atom. The second kappa shape index (κ2) is 10.9. The van der Waals surface area contributed by atoms with Crippen molar-refractivity contribution in [3.05, 3.63) is 0 Å². The summed E-state index contributed by atoms with van der Waals surface area (Å²) in [6.45, 7) is 11.9. The SMILES string of the molecule is CCC(CC)(O[PH](=O)OC(CC)(CC)N1CCC(N)CC1)N1CCC(N)CC1. The van der Waals surface area contributed by atoms with Crippen LogP contribution in [-0.2, 0) is 13.6 Å². The largest absolute Gasteiger partial charge is 0.328 e. The first-order chi connectivity index (χ1) is 13.3. The van der Waals surface area contributed by atoms with Gasteiger partial charge in [0, 0.05) is 38.3 Å². The first-order valence-electron chi connectivity index (χ1n) is 11.3. The molecule has 0 aromatic rings. The molecule has 166 valence electrons. The van der Waals surface area contributed by atoms with Gasteiger partial charge in [0.25, 0.3) is 0 Å². The van der Waals surface area contributed by atoms with Crippen molar-refractivity contribution in [3.63, 3.8) is 0 Å². The van der Waals surface area contributed by atoms with Crippen LogP contribution in [0.1, 0.15) is 79.1 Å². The molecule has 2 fully saturated rings. The third-order valence-electron chi connectivity index (χ3n) is 6.99. The lowest BCUT2D eigenvalue weighted by atomic mass is 9.99. The smallest absolute Gasteiger partial charge is 0.322 e. The topological polar surface area (TPSA) is 94.0 Å². The summed E-state index contributed by atoms with van der Waals surface area (Å²) in [5, 5.41) is 0. The molecular formula is C20H43N4O3P. The highest BCUT2D eigenvalue weighted by atomic mass is 31.1. The number of likely N-dealkylation sites (tertiary alicyclic amines) is 2. The molecule has 4 N–H and O–H groups in total. The lowest BCUT2D eigenvalue weighted by Gasteiger charge is -2.47. The average Bonchev–Trinajstić information content (AvgIpc) is 2.72. The molecule has 2 aliphatic heterocycles.